The first-order chi connectivity index (χ1) is 11.6. The van der Waals surface area contributed by atoms with Gasteiger partial charge in [0, 0.05) is 19.1 Å². The maximum atomic E-state index is 12.9. The minimum absolute atomic E-state index is 0.0645. The Morgan fingerprint density at radius 2 is 2.04 bits per heavy atom. The van der Waals surface area contributed by atoms with Crippen LogP contribution in [0.2, 0.25) is 10.0 Å². The molecule has 1 aromatic heterocycles. The highest BCUT2D eigenvalue weighted by Crippen LogP contribution is 2.34. The van der Waals surface area contributed by atoms with Crippen molar-refractivity contribution in [2.24, 2.45) is 7.05 Å². The maximum Gasteiger partial charge on any atom is 0.436 e. The molecule has 6 nitrogen and oxygen atoms in total. The molecule has 0 fully saturated rings. The van der Waals surface area contributed by atoms with E-state index in [4.69, 9.17) is 28.5 Å². The van der Waals surface area contributed by atoms with Crippen molar-refractivity contribution in [3.8, 4) is 6.07 Å². The predicted molar refractivity (Wildman–Crippen MR) is 85.3 cm³/mol. The number of carbonyl (C=O) groups excluding carboxylic acids is 1. The lowest BCUT2D eigenvalue weighted by atomic mass is 10.2. The molecule has 0 aliphatic rings. The molecule has 2 aromatic rings. The second-order valence-corrected chi connectivity index (χ2v) is 5.75. The van der Waals surface area contributed by atoms with Gasteiger partial charge < -0.3 is 0 Å². The third kappa shape index (κ3) is 3.81. The van der Waals surface area contributed by atoms with Gasteiger partial charge in [-0.15, -0.1) is 0 Å². The van der Waals surface area contributed by atoms with E-state index in [0.717, 1.165) is 9.69 Å². The topological polar surface area (TPSA) is 74.0 Å². The van der Waals surface area contributed by atoms with E-state index < -0.39 is 23.3 Å². The number of anilines is 1. The summed E-state index contributed by atoms with van der Waals surface area (Å²) in [4.78, 5) is 12.3. The van der Waals surface area contributed by atoms with Gasteiger partial charge in [-0.05, 0) is 18.2 Å². The normalized spacial score (nSPS) is 11.1. The molecule has 132 valence electrons. The molecule has 1 aromatic carbocycles. The summed E-state index contributed by atoms with van der Waals surface area (Å²) in [6, 6.07) is 5.62. The lowest BCUT2D eigenvalue weighted by Crippen LogP contribution is -2.41. The fourth-order valence-corrected chi connectivity index (χ4v) is 2.63. The summed E-state index contributed by atoms with van der Waals surface area (Å²) in [7, 11) is 2.50. The SMILES string of the molecule is CN(NC(=O)c1ccc(Cl)cc1Cl)c1c(C#N)c(C(F)(F)F)nn1C. The number of amides is 1. The van der Waals surface area contributed by atoms with Crippen molar-refractivity contribution in [1.82, 2.24) is 15.2 Å². The molecule has 0 bridgehead atoms. The van der Waals surface area contributed by atoms with Crippen LogP contribution < -0.4 is 10.4 Å². The number of alkyl halides is 3. The van der Waals surface area contributed by atoms with Crippen molar-refractivity contribution in [3.05, 3.63) is 45.1 Å². The van der Waals surface area contributed by atoms with Crippen LogP contribution >= 0.6 is 23.2 Å². The monoisotopic (exact) mass is 391 g/mol. The molecule has 1 amide bonds. The lowest BCUT2D eigenvalue weighted by molar-refractivity contribution is -0.141. The van der Waals surface area contributed by atoms with Crippen LogP contribution in [0.3, 0.4) is 0 Å². The average Bonchev–Trinajstić information content (AvgIpc) is 2.83. The van der Waals surface area contributed by atoms with Crippen LogP contribution in [0.15, 0.2) is 18.2 Å². The second kappa shape index (κ2) is 6.82. The number of benzene rings is 1. The van der Waals surface area contributed by atoms with Gasteiger partial charge in [-0.1, -0.05) is 23.2 Å². The fraction of sp³-hybridized carbons (Fsp3) is 0.214. The van der Waals surface area contributed by atoms with E-state index in [2.05, 4.69) is 10.5 Å². The summed E-state index contributed by atoms with van der Waals surface area (Å²) in [5.41, 5.74) is 0.362. The zero-order valence-electron chi connectivity index (χ0n) is 12.8. The standard InChI is InChI=1S/C14H10Cl2F3N5O/c1-23-13(9(6-20)11(21-23)14(17,18)19)24(2)22-12(25)8-4-3-7(15)5-10(8)16/h3-5H,1-2H3,(H,22,25). The van der Waals surface area contributed by atoms with Crippen molar-refractivity contribution in [3.63, 3.8) is 0 Å². The van der Waals surface area contributed by atoms with Crippen LogP contribution in [-0.2, 0) is 13.2 Å². The van der Waals surface area contributed by atoms with Gasteiger partial charge in [0.25, 0.3) is 5.91 Å². The number of hydrazine groups is 1. The van der Waals surface area contributed by atoms with E-state index in [-0.39, 0.29) is 16.4 Å². The van der Waals surface area contributed by atoms with Crippen molar-refractivity contribution in [1.29, 1.82) is 5.26 Å². The number of nitrogens with zero attached hydrogens (tertiary/aromatic N) is 4. The number of nitriles is 1. The lowest BCUT2D eigenvalue weighted by Gasteiger charge is -2.20. The van der Waals surface area contributed by atoms with Crippen LogP contribution in [0.25, 0.3) is 0 Å². The molecular weight excluding hydrogens is 382 g/mol. The summed E-state index contributed by atoms with van der Waals surface area (Å²) in [5.74, 6) is -0.920. The summed E-state index contributed by atoms with van der Waals surface area (Å²) in [6.45, 7) is 0. The predicted octanol–water partition coefficient (Wildman–Crippen LogP) is 3.40. The number of carbonyl (C=O) groups is 1. The van der Waals surface area contributed by atoms with Crippen LogP contribution in [0.5, 0.6) is 0 Å². The Morgan fingerprint density at radius 1 is 1.40 bits per heavy atom. The molecule has 1 heterocycles. The Hall–Kier alpha value is -2.44. The van der Waals surface area contributed by atoms with E-state index >= 15 is 0 Å². The van der Waals surface area contributed by atoms with Crippen molar-refractivity contribution >= 4 is 34.9 Å². The number of hydrogen-bond donors (Lipinski definition) is 1. The summed E-state index contributed by atoms with van der Waals surface area (Å²) in [5, 5.41) is 13.7. The van der Waals surface area contributed by atoms with Crippen LogP contribution in [0.1, 0.15) is 21.6 Å². The Balaban J connectivity index is 2.36. The first kappa shape index (κ1) is 18.9. The minimum Gasteiger partial charge on any atom is -0.270 e. The van der Waals surface area contributed by atoms with E-state index in [0.29, 0.717) is 5.02 Å². The minimum atomic E-state index is -4.80. The van der Waals surface area contributed by atoms with Gasteiger partial charge in [-0.25, -0.2) is 4.68 Å². The van der Waals surface area contributed by atoms with Crippen LogP contribution in [0.4, 0.5) is 19.0 Å². The maximum absolute atomic E-state index is 12.9. The molecule has 0 saturated carbocycles. The Kier molecular flexibility index (Phi) is 5.15. The molecule has 0 aliphatic carbocycles. The molecule has 0 spiro atoms. The molecule has 25 heavy (non-hydrogen) atoms. The van der Waals surface area contributed by atoms with Gasteiger partial charge in [0.1, 0.15) is 11.6 Å². The number of nitrogens with one attached hydrogen (secondary N) is 1. The van der Waals surface area contributed by atoms with Gasteiger partial charge in [-0.3, -0.25) is 15.2 Å². The van der Waals surface area contributed by atoms with E-state index in [9.17, 15) is 18.0 Å². The molecule has 2 rings (SSSR count). The van der Waals surface area contributed by atoms with E-state index in [1.807, 2.05) is 0 Å². The zero-order valence-corrected chi connectivity index (χ0v) is 14.3. The number of rotatable bonds is 3. The van der Waals surface area contributed by atoms with Gasteiger partial charge in [-0.2, -0.15) is 23.5 Å². The van der Waals surface area contributed by atoms with Gasteiger partial charge in [0.15, 0.2) is 11.5 Å². The van der Waals surface area contributed by atoms with Crippen LogP contribution in [-0.4, -0.2) is 22.7 Å². The summed E-state index contributed by atoms with van der Waals surface area (Å²) >= 11 is 11.7. The third-order valence-corrected chi connectivity index (χ3v) is 3.71. The smallest absolute Gasteiger partial charge is 0.270 e. The van der Waals surface area contributed by atoms with Crippen molar-refractivity contribution < 1.29 is 18.0 Å². The average molecular weight is 392 g/mol. The number of aromatic nitrogens is 2. The van der Waals surface area contributed by atoms with Crippen molar-refractivity contribution in [2.45, 2.75) is 6.18 Å². The molecule has 11 heteroatoms. The third-order valence-electron chi connectivity index (χ3n) is 3.16. The molecular formula is C14H10Cl2F3N5O. The van der Waals surface area contributed by atoms with Gasteiger partial charge in [0.05, 0.1) is 10.6 Å². The fourth-order valence-electron chi connectivity index (χ4n) is 2.14. The highest BCUT2D eigenvalue weighted by atomic mass is 35.5. The summed E-state index contributed by atoms with van der Waals surface area (Å²) < 4.78 is 39.7. The first-order valence-corrected chi connectivity index (χ1v) is 7.36. The number of halogens is 5. The quantitative estimate of drug-likeness (QED) is 0.813. The molecule has 0 aliphatic heterocycles. The molecule has 1 N–H and O–H groups in total. The number of aryl methyl sites for hydroxylation is 1. The highest BCUT2D eigenvalue weighted by molar-refractivity contribution is 6.36. The zero-order chi connectivity index (χ0) is 18.9. The van der Waals surface area contributed by atoms with E-state index in [1.54, 1.807) is 0 Å². The molecule has 0 atom stereocenters. The Labute approximate surface area is 150 Å². The number of hydrogen-bond acceptors (Lipinski definition) is 4. The molecule has 0 radical (unpaired) electrons. The Morgan fingerprint density at radius 3 is 2.56 bits per heavy atom. The van der Waals surface area contributed by atoms with Crippen LogP contribution in [0, 0.1) is 11.3 Å². The molecule has 0 unspecified atom stereocenters. The summed E-state index contributed by atoms with van der Waals surface area (Å²) in [6.07, 6.45) is -4.80. The highest BCUT2D eigenvalue weighted by Gasteiger charge is 2.40. The van der Waals surface area contributed by atoms with E-state index in [1.165, 1.54) is 38.4 Å². The van der Waals surface area contributed by atoms with Gasteiger partial charge >= 0.3 is 6.18 Å². The first-order valence-electron chi connectivity index (χ1n) is 6.60. The molecule has 0 saturated heterocycles. The largest absolute Gasteiger partial charge is 0.436 e. The second-order valence-electron chi connectivity index (χ2n) is 4.90. The Bertz CT molecular complexity index is 873. The van der Waals surface area contributed by atoms with Gasteiger partial charge in [0.2, 0.25) is 0 Å². The van der Waals surface area contributed by atoms with Crippen molar-refractivity contribution in [2.75, 3.05) is 12.1 Å².